The van der Waals surface area contributed by atoms with Gasteiger partial charge in [-0.15, -0.1) is 0 Å². The Hall–Kier alpha value is 2.48. The van der Waals surface area contributed by atoms with Crippen LogP contribution < -0.4 is 0 Å². The Balaban J connectivity index is -0.0000000383. The molecule has 0 aliphatic rings. The normalized spacial score (nSPS) is 7.55. The van der Waals surface area contributed by atoms with Gasteiger partial charge in [-0.1, -0.05) is 0 Å². The predicted octanol–water partition coefficient (Wildman–Crippen LogP) is -2.39. The summed E-state index contributed by atoms with van der Waals surface area (Å²) in [6, 6.07) is 0. The maximum atomic E-state index is 9.00. The standard InChI is InChI=1S/C2H4O2.2Ba.H2O4S.4H/c1-2(3)4;;;1-5(2,3)4;;;;/h1H3,(H,3,4);;;(H2,1,2,3,4);;;;. The Kier molecular flexibility index (Phi) is 26.5. The van der Waals surface area contributed by atoms with Crippen LogP contribution in [0.3, 0.4) is 0 Å². The zero-order valence-electron chi connectivity index (χ0n) is 4.47. The van der Waals surface area contributed by atoms with Gasteiger partial charge in [0.25, 0.3) is 5.97 Å². The van der Waals surface area contributed by atoms with Gasteiger partial charge in [-0.25, -0.2) is 0 Å². The average molecular weight is 437 g/mol. The van der Waals surface area contributed by atoms with Gasteiger partial charge >= 0.3 is 108 Å². The molecule has 0 unspecified atom stereocenters. The molecule has 3 N–H and O–H groups in total. The van der Waals surface area contributed by atoms with Crippen LogP contribution in [0.15, 0.2) is 0 Å². The molecular weight excluding hydrogens is 427 g/mol. The summed E-state index contributed by atoms with van der Waals surface area (Å²) in [5.41, 5.74) is 0. The Labute approximate surface area is 145 Å². The molecule has 0 aromatic heterocycles. The minimum atomic E-state index is -4.67. The van der Waals surface area contributed by atoms with E-state index in [1.165, 1.54) is 0 Å². The molecule has 0 heterocycles. The second-order valence-corrected chi connectivity index (χ2v) is 1.86. The van der Waals surface area contributed by atoms with Gasteiger partial charge in [-0.3, -0.25) is 13.9 Å². The van der Waals surface area contributed by atoms with Crippen molar-refractivity contribution in [3.8, 4) is 0 Å². The fraction of sp³-hybridized carbons (Fsp3) is 0.500. The van der Waals surface area contributed by atoms with E-state index in [9.17, 15) is 0 Å². The van der Waals surface area contributed by atoms with E-state index in [1.54, 1.807) is 0 Å². The van der Waals surface area contributed by atoms with Crippen molar-refractivity contribution in [3.05, 3.63) is 0 Å². The number of aliphatic carboxylic acids is 1. The van der Waals surface area contributed by atoms with Crippen molar-refractivity contribution in [1.82, 2.24) is 0 Å². The van der Waals surface area contributed by atoms with E-state index in [1.807, 2.05) is 0 Å². The molecule has 9 heteroatoms. The number of rotatable bonds is 0. The molecule has 64 valence electrons. The molecule has 0 amide bonds. The molecule has 0 atom stereocenters. The van der Waals surface area contributed by atoms with Gasteiger partial charge in [0, 0.05) is 6.92 Å². The molecule has 0 rings (SSSR count). The zero-order chi connectivity index (χ0) is 8.08. The van der Waals surface area contributed by atoms with E-state index < -0.39 is 16.4 Å². The van der Waals surface area contributed by atoms with Crippen molar-refractivity contribution in [3.63, 3.8) is 0 Å². The first-order chi connectivity index (χ1) is 3.73. The van der Waals surface area contributed by atoms with E-state index in [0.29, 0.717) is 0 Å². The Morgan fingerprint density at radius 1 is 1.18 bits per heavy atom. The number of hydrogen-bond acceptors (Lipinski definition) is 3. The van der Waals surface area contributed by atoms with Crippen molar-refractivity contribution >= 4 is 114 Å². The number of carboxylic acids is 1. The SMILES string of the molecule is CC(=O)O.O=S(=O)(O)O.[BaH2].[BaH2]. The molecule has 0 fully saturated rings. The fourth-order valence-electron chi connectivity index (χ4n) is 0. The molecule has 0 aromatic rings. The van der Waals surface area contributed by atoms with Crippen LogP contribution in [0.5, 0.6) is 0 Å². The third kappa shape index (κ3) is 223. The van der Waals surface area contributed by atoms with E-state index in [4.69, 9.17) is 27.4 Å². The Bertz CT molecular complexity index is 161. The summed E-state index contributed by atoms with van der Waals surface area (Å²) in [4.78, 5) is 9.00. The first-order valence-corrected chi connectivity index (χ1v) is 3.02. The summed E-state index contributed by atoms with van der Waals surface area (Å²) in [6.07, 6.45) is 0. The van der Waals surface area contributed by atoms with Gasteiger partial charge in [-0.05, 0) is 0 Å². The van der Waals surface area contributed by atoms with Crippen LogP contribution in [-0.4, -0.2) is 126 Å². The van der Waals surface area contributed by atoms with E-state index >= 15 is 0 Å². The molecule has 6 nitrogen and oxygen atoms in total. The summed E-state index contributed by atoms with van der Waals surface area (Å²) < 4.78 is 31.6. The van der Waals surface area contributed by atoms with Crippen molar-refractivity contribution in [1.29, 1.82) is 0 Å². The second-order valence-electron chi connectivity index (χ2n) is 0.967. The molecule has 0 aromatic carbocycles. The maximum absolute atomic E-state index is 9.00. The van der Waals surface area contributed by atoms with Crippen LogP contribution in [0.4, 0.5) is 0 Å². The van der Waals surface area contributed by atoms with Crippen LogP contribution >= 0.6 is 0 Å². The van der Waals surface area contributed by atoms with Gasteiger partial charge in [0.15, 0.2) is 0 Å². The van der Waals surface area contributed by atoms with Gasteiger partial charge < -0.3 is 5.11 Å². The summed E-state index contributed by atoms with van der Waals surface area (Å²) in [5.74, 6) is -0.833. The number of hydrogen-bond donors (Lipinski definition) is 3. The van der Waals surface area contributed by atoms with E-state index in [2.05, 4.69) is 0 Å². The molecule has 0 spiro atoms. The molecule has 0 aliphatic heterocycles. The third-order valence-corrected chi connectivity index (χ3v) is 0. The first kappa shape index (κ1) is 23.4. The van der Waals surface area contributed by atoms with Crippen LogP contribution in [0.1, 0.15) is 6.92 Å². The fourth-order valence-corrected chi connectivity index (χ4v) is 0. The van der Waals surface area contributed by atoms with Crippen molar-refractivity contribution in [2.45, 2.75) is 6.92 Å². The quantitative estimate of drug-likeness (QED) is 0.288. The summed E-state index contributed by atoms with van der Waals surface area (Å²) in [5, 5.41) is 7.42. The first-order valence-electron chi connectivity index (χ1n) is 1.63. The van der Waals surface area contributed by atoms with Crippen molar-refractivity contribution < 1.29 is 27.4 Å². The summed E-state index contributed by atoms with van der Waals surface area (Å²) in [7, 11) is -4.67. The zero-order valence-corrected chi connectivity index (χ0v) is 5.29. The van der Waals surface area contributed by atoms with Crippen LogP contribution in [0, 0.1) is 0 Å². The van der Waals surface area contributed by atoms with Gasteiger partial charge in [-0.2, -0.15) is 8.42 Å². The minimum absolute atomic E-state index is 0. The monoisotopic (exact) mass is 438 g/mol. The van der Waals surface area contributed by atoms with Gasteiger partial charge in [0.05, 0.1) is 0 Å². The van der Waals surface area contributed by atoms with Gasteiger partial charge in [0.1, 0.15) is 0 Å². The molecule has 11 heavy (non-hydrogen) atoms. The topological polar surface area (TPSA) is 112 Å². The van der Waals surface area contributed by atoms with Crippen LogP contribution in [-0.2, 0) is 15.2 Å². The molecule has 0 radical (unpaired) electrons. The van der Waals surface area contributed by atoms with Crippen molar-refractivity contribution in [2.24, 2.45) is 0 Å². The summed E-state index contributed by atoms with van der Waals surface area (Å²) in [6.45, 7) is 1.08. The van der Waals surface area contributed by atoms with Crippen LogP contribution in [0.25, 0.3) is 0 Å². The molecular formula is C2H10Ba2O6S. The van der Waals surface area contributed by atoms with Gasteiger partial charge in [0.2, 0.25) is 0 Å². The third-order valence-electron chi connectivity index (χ3n) is 0. The van der Waals surface area contributed by atoms with E-state index in [-0.39, 0.29) is 97.8 Å². The molecule has 0 saturated heterocycles. The predicted molar refractivity (Wildman–Crippen MR) is 44.6 cm³/mol. The Morgan fingerprint density at radius 3 is 1.18 bits per heavy atom. The molecule has 0 saturated carbocycles. The average Bonchev–Trinajstić information content (AvgIpc) is 1.19. The second kappa shape index (κ2) is 12.5. The van der Waals surface area contributed by atoms with E-state index in [0.717, 1.165) is 6.92 Å². The molecule has 0 aliphatic carbocycles. The Morgan fingerprint density at radius 2 is 1.18 bits per heavy atom. The molecule has 0 bridgehead atoms. The number of carbonyl (C=O) groups is 1. The summed E-state index contributed by atoms with van der Waals surface area (Å²) >= 11 is 0. The number of carboxylic acid groups (broad SMARTS) is 1. The van der Waals surface area contributed by atoms with Crippen molar-refractivity contribution in [2.75, 3.05) is 0 Å². The van der Waals surface area contributed by atoms with Crippen LogP contribution in [0.2, 0.25) is 0 Å².